The molecule has 1 unspecified atom stereocenters. The molecule has 1 heterocycles. The molecule has 0 radical (unpaired) electrons. The first-order valence-corrected chi connectivity index (χ1v) is 7.69. The number of amidine groups is 1. The Labute approximate surface area is 126 Å². The summed E-state index contributed by atoms with van der Waals surface area (Å²) in [5.74, 6) is 0.926. The first-order valence-electron chi connectivity index (χ1n) is 7.69. The number of hydrogen-bond donors (Lipinski definition) is 2. The lowest BCUT2D eigenvalue weighted by Crippen LogP contribution is -2.41. The van der Waals surface area contributed by atoms with Gasteiger partial charge < -0.3 is 15.7 Å². The van der Waals surface area contributed by atoms with E-state index in [1.54, 1.807) is 12.1 Å². The molecule has 2 rings (SSSR count). The maximum Gasteiger partial charge on any atom is 0.170 e. The van der Waals surface area contributed by atoms with Crippen LogP contribution in [0.2, 0.25) is 0 Å². The molecular weight excluding hydrogens is 266 g/mol. The van der Waals surface area contributed by atoms with Gasteiger partial charge in [0.25, 0.3) is 0 Å². The lowest BCUT2D eigenvalue weighted by atomic mass is 10.0. The van der Waals surface area contributed by atoms with Crippen molar-refractivity contribution in [3.63, 3.8) is 0 Å². The van der Waals surface area contributed by atoms with Gasteiger partial charge in [0.1, 0.15) is 12.4 Å². The summed E-state index contributed by atoms with van der Waals surface area (Å²) < 4.78 is 5.79. The molecule has 5 nitrogen and oxygen atoms in total. The van der Waals surface area contributed by atoms with Gasteiger partial charge in [-0.1, -0.05) is 18.5 Å². The zero-order valence-corrected chi connectivity index (χ0v) is 12.7. The highest BCUT2D eigenvalue weighted by atomic mass is 16.5. The molecule has 1 saturated heterocycles. The van der Waals surface area contributed by atoms with Gasteiger partial charge in [0, 0.05) is 18.2 Å². The maximum absolute atomic E-state index is 8.62. The number of hydrogen-bond acceptors (Lipinski definition) is 4. The van der Waals surface area contributed by atoms with Crippen LogP contribution in [-0.4, -0.2) is 41.7 Å². The van der Waals surface area contributed by atoms with Crippen molar-refractivity contribution in [1.82, 2.24) is 4.90 Å². The van der Waals surface area contributed by atoms with E-state index in [1.807, 2.05) is 12.1 Å². The van der Waals surface area contributed by atoms with Gasteiger partial charge in [-0.25, -0.2) is 0 Å². The van der Waals surface area contributed by atoms with Gasteiger partial charge in [0.05, 0.1) is 0 Å². The van der Waals surface area contributed by atoms with Gasteiger partial charge in [0.15, 0.2) is 5.84 Å². The second-order valence-corrected chi connectivity index (χ2v) is 5.45. The first-order chi connectivity index (χ1) is 10.2. The molecule has 21 heavy (non-hydrogen) atoms. The second kappa shape index (κ2) is 7.88. The van der Waals surface area contributed by atoms with Gasteiger partial charge in [-0.05, 0) is 50.1 Å². The van der Waals surface area contributed by atoms with Crippen LogP contribution < -0.4 is 10.5 Å². The molecule has 1 aromatic rings. The summed E-state index contributed by atoms with van der Waals surface area (Å²) >= 11 is 0. The van der Waals surface area contributed by atoms with Crippen LogP contribution in [0.1, 0.15) is 38.2 Å². The minimum atomic E-state index is 0.112. The van der Waals surface area contributed by atoms with E-state index in [9.17, 15) is 0 Å². The summed E-state index contributed by atoms with van der Waals surface area (Å²) in [6, 6.07) is 7.99. The Morgan fingerprint density at radius 1 is 1.38 bits per heavy atom. The maximum atomic E-state index is 8.62. The largest absolute Gasteiger partial charge is 0.492 e. The van der Waals surface area contributed by atoms with Crippen molar-refractivity contribution >= 4 is 5.84 Å². The highest BCUT2D eigenvalue weighted by molar-refractivity contribution is 5.97. The Hall–Kier alpha value is -1.75. The number of nitrogens with two attached hydrogens (primary N) is 1. The lowest BCUT2D eigenvalue weighted by molar-refractivity contribution is 0.120. The minimum Gasteiger partial charge on any atom is -0.492 e. The Balaban J connectivity index is 1.80. The second-order valence-electron chi connectivity index (χ2n) is 5.45. The molecule has 3 N–H and O–H groups in total. The van der Waals surface area contributed by atoms with Gasteiger partial charge in [-0.15, -0.1) is 0 Å². The van der Waals surface area contributed by atoms with Crippen LogP contribution in [-0.2, 0) is 0 Å². The third-order valence-electron chi connectivity index (χ3n) is 4.13. The molecule has 0 aliphatic carbocycles. The summed E-state index contributed by atoms with van der Waals surface area (Å²) in [6.45, 7) is 5.11. The first kappa shape index (κ1) is 15.6. The highest BCUT2D eigenvalue weighted by Gasteiger charge is 2.20. The van der Waals surface area contributed by atoms with Crippen LogP contribution in [0.3, 0.4) is 0 Å². The monoisotopic (exact) mass is 291 g/mol. The predicted octanol–water partition coefficient (Wildman–Crippen LogP) is 2.42. The number of oxime groups is 1. The summed E-state index contributed by atoms with van der Waals surface area (Å²) in [5.41, 5.74) is 6.21. The summed E-state index contributed by atoms with van der Waals surface area (Å²) in [6.07, 6.45) is 5.18. The van der Waals surface area contributed by atoms with Crippen LogP contribution in [0, 0.1) is 0 Å². The highest BCUT2D eigenvalue weighted by Crippen LogP contribution is 2.19. The molecule has 1 fully saturated rings. The van der Waals surface area contributed by atoms with Crippen molar-refractivity contribution in [3.8, 4) is 5.75 Å². The summed E-state index contributed by atoms with van der Waals surface area (Å²) in [4.78, 5) is 2.54. The SMILES string of the molecule is CCC1CCCCN1CCOc1ccc(/C(N)=N/O)cc1. The molecule has 1 atom stereocenters. The molecule has 0 amide bonds. The van der Waals surface area contributed by atoms with Crippen molar-refractivity contribution in [2.45, 2.75) is 38.6 Å². The van der Waals surface area contributed by atoms with E-state index in [-0.39, 0.29) is 5.84 Å². The van der Waals surface area contributed by atoms with E-state index in [2.05, 4.69) is 17.0 Å². The van der Waals surface area contributed by atoms with Crippen molar-refractivity contribution in [2.24, 2.45) is 10.9 Å². The summed E-state index contributed by atoms with van der Waals surface area (Å²) in [5, 5.41) is 11.6. The topological polar surface area (TPSA) is 71.1 Å². The van der Waals surface area contributed by atoms with Gasteiger partial charge in [-0.3, -0.25) is 4.90 Å². The predicted molar refractivity (Wildman–Crippen MR) is 84.0 cm³/mol. The fraction of sp³-hybridized carbons (Fsp3) is 0.562. The van der Waals surface area contributed by atoms with E-state index in [1.165, 1.54) is 32.2 Å². The number of ether oxygens (including phenoxy) is 1. The number of rotatable bonds is 6. The lowest BCUT2D eigenvalue weighted by Gasteiger charge is -2.34. The molecule has 5 heteroatoms. The average molecular weight is 291 g/mol. The fourth-order valence-corrected chi connectivity index (χ4v) is 2.88. The Bertz CT molecular complexity index is 459. The molecule has 0 saturated carbocycles. The van der Waals surface area contributed by atoms with Crippen molar-refractivity contribution in [3.05, 3.63) is 29.8 Å². The molecule has 1 aliphatic rings. The van der Waals surface area contributed by atoms with E-state index in [0.717, 1.165) is 12.3 Å². The Morgan fingerprint density at radius 2 is 2.14 bits per heavy atom. The standard InChI is InChI=1S/C16H25N3O2/c1-2-14-5-3-4-10-19(14)11-12-21-15-8-6-13(7-9-15)16(17)18-20/h6-9,14,20H,2-5,10-12H2,1H3,(H2,17,18). The van der Waals surface area contributed by atoms with Crippen LogP contribution in [0.5, 0.6) is 5.75 Å². The molecule has 0 aromatic heterocycles. The van der Waals surface area contributed by atoms with E-state index in [0.29, 0.717) is 18.2 Å². The van der Waals surface area contributed by atoms with E-state index < -0.39 is 0 Å². The molecule has 0 spiro atoms. The van der Waals surface area contributed by atoms with Crippen LogP contribution in [0.4, 0.5) is 0 Å². The number of likely N-dealkylation sites (tertiary alicyclic amines) is 1. The number of piperidine rings is 1. The third-order valence-corrected chi connectivity index (χ3v) is 4.13. The molecule has 116 valence electrons. The fourth-order valence-electron chi connectivity index (χ4n) is 2.88. The Kier molecular flexibility index (Phi) is 5.87. The quantitative estimate of drug-likeness (QED) is 0.365. The normalized spacial score (nSPS) is 20.4. The van der Waals surface area contributed by atoms with Crippen molar-refractivity contribution in [1.29, 1.82) is 0 Å². The summed E-state index contributed by atoms with van der Waals surface area (Å²) in [7, 11) is 0. The zero-order chi connectivity index (χ0) is 15.1. The van der Waals surface area contributed by atoms with Crippen molar-refractivity contribution in [2.75, 3.05) is 19.7 Å². The van der Waals surface area contributed by atoms with Crippen LogP contribution in [0.15, 0.2) is 29.4 Å². The Morgan fingerprint density at radius 3 is 2.81 bits per heavy atom. The zero-order valence-electron chi connectivity index (χ0n) is 12.7. The number of nitrogens with zero attached hydrogens (tertiary/aromatic N) is 2. The third kappa shape index (κ3) is 4.36. The van der Waals surface area contributed by atoms with Crippen LogP contribution in [0.25, 0.3) is 0 Å². The van der Waals surface area contributed by atoms with E-state index in [4.69, 9.17) is 15.7 Å². The van der Waals surface area contributed by atoms with Crippen molar-refractivity contribution < 1.29 is 9.94 Å². The molecule has 0 bridgehead atoms. The molecule has 1 aliphatic heterocycles. The van der Waals surface area contributed by atoms with Gasteiger partial charge >= 0.3 is 0 Å². The van der Waals surface area contributed by atoms with Gasteiger partial charge in [-0.2, -0.15) is 0 Å². The number of benzene rings is 1. The average Bonchev–Trinajstić information content (AvgIpc) is 2.55. The van der Waals surface area contributed by atoms with Gasteiger partial charge in [0.2, 0.25) is 0 Å². The van der Waals surface area contributed by atoms with E-state index >= 15 is 0 Å². The molecule has 1 aromatic carbocycles. The molecular formula is C16H25N3O2. The smallest absolute Gasteiger partial charge is 0.170 e. The van der Waals surface area contributed by atoms with Crippen LogP contribution >= 0.6 is 0 Å². The minimum absolute atomic E-state index is 0.112.